The fraction of sp³-hybridized carbons (Fsp3) is 0. The zero-order valence-electron chi connectivity index (χ0n) is 11.5. The first kappa shape index (κ1) is 12.4. The van der Waals surface area contributed by atoms with E-state index in [2.05, 4.69) is 14.8 Å². The maximum absolute atomic E-state index is 7.26. The van der Waals surface area contributed by atoms with Gasteiger partial charge in [-0.2, -0.15) is 0 Å². The molecular weight excluding hydrogens is 276 g/mol. The predicted octanol–water partition coefficient (Wildman–Crippen LogP) is 4.23. The summed E-state index contributed by atoms with van der Waals surface area (Å²) in [6, 6.07) is 11.3. The largest absolute Gasteiger partial charge is 0.458 e. The molecule has 0 radical (unpaired) electrons. The van der Waals surface area contributed by atoms with Gasteiger partial charge in [0.2, 0.25) is 11.5 Å². The first-order chi connectivity index (χ1) is 10.8. The van der Waals surface area contributed by atoms with Gasteiger partial charge in [0.15, 0.2) is 0 Å². The van der Waals surface area contributed by atoms with Gasteiger partial charge in [0.1, 0.15) is 11.5 Å². The van der Waals surface area contributed by atoms with E-state index in [0.29, 0.717) is 23.0 Å². The lowest BCUT2D eigenvalue weighted by Crippen LogP contribution is -1.89. The summed E-state index contributed by atoms with van der Waals surface area (Å²) in [5.74, 6) is 1.76. The Morgan fingerprint density at radius 2 is 1.95 bits per heavy atom. The van der Waals surface area contributed by atoms with E-state index in [1.54, 1.807) is 35.3 Å². The maximum Gasteiger partial charge on any atom is 0.240 e. The van der Waals surface area contributed by atoms with E-state index < -0.39 is 0 Å². The molecule has 0 aliphatic heterocycles. The number of fused-ring (bicyclic) bond motifs is 2. The van der Waals surface area contributed by atoms with Crippen LogP contribution in [-0.2, 0) is 0 Å². The number of ether oxygens (including phenoxy) is 1. The summed E-state index contributed by atoms with van der Waals surface area (Å²) in [5.41, 5.74) is 0.686. The van der Waals surface area contributed by atoms with Crippen LogP contribution in [0.4, 0.5) is 5.82 Å². The molecular formula is C17H10N4O. The third-order valence-corrected chi connectivity index (χ3v) is 3.42. The van der Waals surface area contributed by atoms with Crippen molar-refractivity contribution in [3.63, 3.8) is 0 Å². The molecule has 3 heterocycles. The highest BCUT2D eigenvalue weighted by Crippen LogP contribution is 2.29. The van der Waals surface area contributed by atoms with Crippen molar-refractivity contribution in [3.05, 3.63) is 72.6 Å². The van der Waals surface area contributed by atoms with Crippen LogP contribution in [0, 0.1) is 6.57 Å². The average Bonchev–Trinajstić information content (AvgIpc) is 3.02. The number of benzene rings is 1. The summed E-state index contributed by atoms with van der Waals surface area (Å²) in [4.78, 5) is 11.8. The summed E-state index contributed by atoms with van der Waals surface area (Å²) in [5, 5.41) is 2.11. The molecule has 4 rings (SSSR count). The molecule has 0 aliphatic carbocycles. The highest BCUT2D eigenvalue weighted by molar-refractivity contribution is 5.82. The summed E-state index contributed by atoms with van der Waals surface area (Å²) in [6.45, 7) is 7.26. The van der Waals surface area contributed by atoms with Gasteiger partial charge in [0.05, 0.1) is 12.4 Å². The van der Waals surface area contributed by atoms with Gasteiger partial charge in [-0.05, 0) is 23.6 Å². The molecule has 5 nitrogen and oxygen atoms in total. The van der Waals surface area contributed by atoms with Crippen molar-refractivity contribution in [1.29, 1.82) is 0 Å². The van der Waals surface area contributed by atoms with Crippen molar-refractivity contribution in [3.8, 4) is 11.5 Å². The highest BCUT2D eigenvalue weighted by Gasteiger charge is 2.08. The van der Waals surface area contributed by atoms with Crippen LogP contribution in [-0.4, -0.2) is 14.4 Å². The molecule has 5 heteroatoms. The first-order valence-corrected chi connectivity index (χ1v) is 6.70. The van der Waals surface area contributed by atoms with Gasteiger partial charge in [-0.1, -0.05) is 12.6 Å². The minimum absolute atomic E-state index is 0.465. The minimum Gasteiger partial charge on any atom is -0.458 e. The van der Waals surface area contributed by atoms with Crippen LogP contribution in [0.15, 0.2) is 61.2 Å². The Kier molecular flexibility index (Phi) is 2.73. The molecule has 0 aliphatic rings. The molecule has 22 heavy (non-hydrogen) atoms. The lowest BCUT2D eigenvalue weighted by molar-refractivity contribution is 0.483. The lowest BCUT2D eigenvalue weighted by Gasteiger charge is -2.08. The molecule has 3 aromatic heterocycles. The van der Waals surface area contributed by atoms with Gasteiger partial charge >= 0.3 is 0 Å². The van der Waals surface area contributed by atoms with Crippen LogP contribution in [0.2, 0.25) is 0 Å². The fourth-order valence-corrected chi connectivity index (χ4v) is 2.39. The molecule has 0 amide bonds. The normalized spacial score (nSPS) is 10.7. The number of pyridine rings is 2. The van der Waals surface area contributed by atoms with Crippen LogP contribution in [0.25, 0.3) is 21.3 Å². The quantitative estimate of drug-likeness (QED) is 0.518. The average molecular weight is 286 g/mol. The van der Waals surface area contributed by atoms with Gasteiger partial charge in [-0.25, -0.2) is 9.38 Å². The first-order valence-electron chi connectivity index (χ1n) is 6.70. The van der Waals surface area contributed by atoms with E-state index in [-0.39, 0.29) is 0 Å². The van der Waals surface area contributed by atoms with E-state index >= 15 is 0 Å². The van der Waals surface area contributed by atoms with Gasteiger partial charge in [-0.15, -0.1) is 0 Å². The molecule has 0 spiro atoms. The van der Waals surface area contributed by atoms with E-state index in [4.69, 9.17) is 11.3 Å². The third-order valence-electron chi connectivity index (χ3n) is 3.42. The standard InChI is InChI=1S/C17H10N4O/c1-18-16-9-15(10-17-20-6-7-21(16)17)22-14-3-2-12-4-5-19-11-13(12)8-14/h2-11H. The van der Waals surface area contributed by atoms with Gasteiger partial charge in [0.25, 0.3) is 0 Å². The Balaban J connectivity index is 1.77. The monoisotopic (exact) mass is 286 g/mol. The van der Waals surface area contributed by atoms with Gasteiger partial charge in [0, 0.05) is 29.9 Å². The van der Waals surface area contributed by atoms with Gasteiger partial charge < -0.3 is 9.58 Å². The van der Waals surface area contributed by atoms with Gasteiger partial charge in [-0.3, -0.25) is 4.98 Å². The van der Waals surface area contributed by atoms with E-state index in [9.17, 15) is 0 Å². The fourth-order valence-electron chi connectivity index (χ4n) is 2.39. The number of hydrogen-bond donors (Lipinski definition) is 0. The molecule has 0 fully saturated rings. The molecule has 1 aromatic carbocycles. The molecule has 104 valence electrons. The Morgan fingerprint density at radius 1 is 1.00 bits per heavy atom. The SMILES string of the molecule is [C-]#[N+]c1cc(Oc2ccc3ccncc3c2)cc2nccn12. The number of nitrogens with zero attached hydrogens (tertiary/aromatic N) is 4. The maximum atomic E-state index is 7.26. The zero-order valence-corrected chi connectivity index (χ0v) is 11.5. The molecule has 0 atom stereocenters. The molecule has 0 bridgehead atoms. The second kappa shape index (κ2) is 4.86. The minimum atomic E-state index is 0.465. The van der Waals surface area contributed by atoms with Crippen LogP contribution in [0.1, 0.15) is 0 Å². The third kappa shape index (κ3) is 2.03. The molecule has 0 N–H and O–H groups in total. The number of rotatable bonds is 2. The molecule has 0 saturated heterocycles. The van der Waals surface area contributed by atoms with Crippen LogP contribution in [0.5, 0.6) is 11.5 Å². The predicted molar refractivity (Wildman–Crippen MR) is 83.3 cm³/mol. The summed E-state index contributed by atoms with van der Waals surface area (Å²) in [7, 11) is 0. The summed E-state index contributed by atoms with van der Waals surface area (Å²) < 4.78 is 7.61. The van der Waals surface area contributed by atoms with Crippen LogP contribution in [0.3, 0.4) is 0 Å². The van der Waals surface area contributed by atoms with E-state index in [0.717, 1.165) is 10.8 Å². The van der Waals surface area contributed by atoms with Crippen molar-refractivity contribution in [2.24, 2.45) is 0 Å². The molecule has 0 saturated carbocycles. The van der Waals surface area contributed by atoms with E-state index in [1.807, 2.05) is 30.3 Å². The zero-order chi connectivity index (χ0) is 14.9. The lowest BCUT2D eigenvalue weighted by atomic mass is 10.2. The number of aromatic nitrogens is 3. The van der Waals surface area contributed by atoms with Crippen molar-refractivity contribution < 1.29 is 4.74 Å². The van der Waals surface area contributed by atoms with Crippen molar-refractivity contribution in [1.82, 2.24) is 14.4 Å². The van der Waals surface area contributed by atoms with Crippen molar-refractivity contribution in [2.75, 3.05) is 0 Å². The van der Waals surface area contributed by atoms with Crippen molar-refractivity contribution in [2.45, 2.75) is 0 Å². The Hall–Kier alpha value is -3.39. The second-order valence-corrected chi connectivity index (χ2v) is 4.80. The number of imidazole rings is 1. The number of hydrogen-bond acceptors (Lipinski definition) is 3. The van der Waals surface area contributed by atoms with E-state index in [1.165, 1.54) is 0 Å². The van der Waals surface area contributed by atoms with Crippen LogP contribution < -0.4 is 4.74 Å². The molecule has 0 unspecified atom stereocenters. The highest BCUT2D eigenvalue weighted by atomic mass is 16.5. The van der Waals surface area contributed by atoms with Crippen LogP contribution >= 0.6 is 0 Å². The topological polar surface area (TPSA) is 43.8 Å². The second-order valence-electron chi connectivity index (χ2n) is 4.80. The molecule has 4 aromatic rings. The Bertz CT molecular complexity index is 1030. The smallest absolute Gasteiger partial charge is 0.240 e. The Labute approximate surface area is 126 Å². The summed E-state index contributed by atoms with van der Waals surface area (Å²) >= 11 is 0. The van der Waals surface area contributed by atoms with Crippen molar-refractivity contribution >= 4 is 22.2 Å². The summed E-state index contributed by atoms with van der Waals surface area (Å²) in [6.07, 6.45) is 6.98. The Morgan fingerprint density at radius 3 is 2.86 bits per heavy atom.